The molecule has 0 aromatic carbocycles. The van der Waals surface area contributed by atoms with Gasteiger partial charge in [-0.1, -0.05) is 6.42 Å². The zero-order chi connectivity index (χ0) is 27.9. The number of anilines is 1. The molecular formula is C21H33ClN6O9P2. The van der Waals surface area contributed by atoms with Crippen molar-refractivity contribution < 1.29 is 43.3 Å². The quantitative estimate of drug-likeness (QED) is 0.219. The molecule has 39 heavy (non-hydrogen) atoms. The highest BCUT2D eigenvalue weighted by molar-refractivity contribution is 7.70. The number of halogens is 1. The third-order valence-corrected chi connectivity index (χ3v) is 11.1. The second-order valence-corrected chi connectivity index (χ2v) is 14.7. The highest BCUT2D eigenvalue weighted by atomic mass is 35.5. The van der Waals surface area contributed by atoms with Gasteiger partial charge in [-0.05, 0) is 56.8 Å². The van der Waals surface area contributed by atoms with Crippen molar-refractivity contribution in [1.29, 1.82) is 0 Å². The SMILES string of the molecule is O=P(O)(O)CP(=O)(O)OC[C@H]1O[C@@H](c2cnc3c(N[C@H]4CC[C@H](N5CCCCC5)C4)nc(Cl)nn23)[C@H](O)[C@@H]1O. The number of aromatic nitrogens is 4. The Morgan fingerprint density at radius 2 is 1.87 bits per heavy atom. The first-order chi connectivity index (χ1) is 18.4. The van der Waals surface area contributed by atoms with E-state index in [0.717, 1.165) is 32.4 Å². The minimum atomic E-state index is -4.82. The number of imidazole rings is 1. The van der Waals surface area contributed by atoms with Gasteiger partial charge < -0.3 is 44.4 Å². The lowest BCUT2D eigenvalue weighted by Gasteiger charge is -2.32. The molecule has 0 radical (unpaired) electrons. The molecule has 6 N–H and O–H groups in total. The van der Waals surface area contributed by atoms with Gasteiger partial charge in [0, 0.05) is 12.1 Å². The predicted molar refractivity (Wildman–Crippen MR) is 139 cm³/mol. The zero-order valence-electron chi connectivity index (χ0n) is 21.0. The maximum Gasteiger partial charge on any atom is 0.340 e. The van der Waals surface area contributed by atoms with Crippen molar-refractivity contribution in [3.63, 3.8) is 0 Å². The number of nitrogens with zero attached hydrogens (tertiary/aromatic N) is 5. The van der Waals surface area contributed by atoms with Crippen LogP contribution in [0.2, 0.25) is 5.28 Å². The molecule has 7 atom stereocenters. The average molecular weight is 611 g/mol. The average Bonchev–Trinajstić information content (AvgIpc) is 3.56. The molecule has 218 valence electrons. The molecule has 2 aromatic heterocycles. The van der Waals surface area contributed by atoms with E-state index in [1.54, 1.807) is 0 Å². The number of aliphatic hydroxyl groups excluding tert-OH is 2. The van der Waals surface area contributed by atoms with Gasteiger partial charge in [0.25, 0.3) is 0 Å². The first kappa shape index (κ1) is 29.3. The lowest BCUT2D eigenvalue weighted by molar-refractivity contribution is -0.0204. The number of aliphatic hydroxyl groups is 2. The van der Waals surface area contributed by atoms with Crippen LogP contribution >= 0.6 is 26.8 Å². The highest BCUT2D eigenvalue weighted by Crippen LogP contribution is 2.55. The molecule has 1 aliphatic carbocycles. The fourth-order valence-electron chi connectivity index (χ4n) is 5.66. The summed E-state index contributed by atoms with van der Waals surface area (Å²) in [7, 11) is -9.50. The Balaban J connectivity index is 1.29. The van der Waals surface area contributed by atoms with Gasteiger partial charge in [0.2, 0.25) is 5.28 Å². The Labute approximate surface area is 229 Å². The van der Waals surface area contributed by atoms with Crippen LogP contribution < -0.4 is 5.32 Å². The molecule has 3 fully saturated rings. The third-order valence-electron chi connectivity index (χ3n) is 7.47. The Hall–Kier alpha value is -1.22. The molecular weight excluding hydrogens is 578 g/mol. The molecule has 5 rings (SSSR count). The minimum Gasteiger partial charge on any atom is -0.387 e. The zero-order valence-corrected chi connectivity index (χ0v) is 23.5. The van der Waals surface area contributed by atoms with Crippen LogP contribution in [0.3, 0.4) is 0 Å². The summed E-state index contributed by atoms with van der Waals surface area (Å²) in [5.41, 5.74) is 0.605. The first-order valence-corrected chi connectivity index (χ1v) is 16.8. The molecule has 0 bridgehead atoms. The van der Waals surface area contributed by atoms with Crippen molar-refractivity contribution in [2.24, 2.45) is 0 Å². The van der Waals surface area contributed by atoms with Gasteiger partial charge in [-0.15, -0.1) is 5.10 Å². The molecule has 1 saturated carbocycles. The summed E-state index contributed by atoms with van der Waals surface area (Å²) in [5, 5.41) is 28.7. The van der Waals surface area contributed by atoms with Gasteiger partial charge in [-0.25, -0.2) is 9.50 Å². The highest BCUT2D eigenvalue weighted by Gasteiger charge is 2.46. The van der Waals surface area contributed by atoms with E-state index in [1.165, 1.54) is 30.0 Å². The number of hydrogen-bond donors (Lipinski definition) is 6. The molecule has 4 heterocycles. The standard InChI is InChI=1S/C21H33ClN6O9P2/c22-21-25-19(24-12-4-5-13(8-12)27-6-2-1-3-7-27)20-23-9-14(28(20)26-21)18-17(30)16(29)15(37-18)10-36-39(34,35)11-38(31,32)33/h9,12-13,15-18,29-30H,1-8,10-11H2,(H,34,35)(H,24,25,26)(H2,31,32,33)/t12-,13-,15+,16+,17+,18-/m0/s1. The number of rotatable bonds is 9. The van der Waals surface area contributed by atoms with Crippen molar-refractivity contribution in [3.8, 4) is 0 Å². The number of hydrogen-bond acceptors (Lipinski definition) is 11. The summed E-state index contributed by atoms with van der Waals surface area (Å²) in [6.45, 7) is 1.57. The van der Waals surface area contributed by atoms with E-state index >= 15 is 0 Å². The molecule has 2 aromatic rings. The van der Waals surface area contributed by atoms with Gasteiger partial charge in [0.1, 0.15) is 24.4 Å². The molecule has 0 spiro atoms. The van der Waals surface area contributed by atoms with E-state index < -0.39 is 52.1 Å². The number of ether oxygens (including phenoxy) is 1. The maximum atomic E-state index is 12.0. The fourth-order valence-corrected chi connectivity index (χ4v) is 8.38. The van der Waals surface area contributed by atoms with Crippen LogP contribution in [0, 0.1) is 0 Å². The smallest absolute Gasteiger partial charge is 0.340 e. The van der Waals surface area contributed by atoms with Crippen LogP contribution in [0.25, 0.3) is 5.65 Å². The topological polar surface area (TPSA) is 212 Å². The van der Waals surface area contributed by atoms with E-state index in [1.807, 2.05) is 0 Å². The Kier molecular flexibility index (Phi) is 8.69. The maximum absolute atomic E-state index is 12.0. The molecule has 0 amide bonds. The van der Waals surface area contributed by atoms with Crippen LogP contribution in [0.5, 0.6) is 0 Å². The normalized spacial score (nSPS) is 32.1. The molecule has 15 nitrogen and oxygen atoms in total. The Morgan fingerprint density at radius 3 is 2.59 bits per heavy atom. The summed E-state index contributed by atoms with van der Waals surface area (Å²) in [6, 6.07) is 0.691. The van der Waals surface area contributed by atoms with E-state index in [-0.39, 0.29) is 17.0 Å². The van der Waals surface area contributed by atoms with Crippen molar-refractivity contribution in [1.82, 2.24) is 24.5 Å². The van der Waals surface area contributed by atoms with E-state index in [2.05, 4.69) is 25.3 Å². The van der Waals surface area contributed by atoms with Gasteiger partial charge in [-0.2, -0.15) is 4.98 Å². The van der Waals surface area contributed by atoms with Crippen LogP contribution in [0.1, 0.15) is 50.3 Å². The van der Waals surface area contributed by atoms with Gasteiger partial charge in [-0.3, -0.25) is 9.13 Å². The number of nitrogens with one attached hydrogen (secondary N) is 1. The first-order valence-electron chi connectivity index (χ1n) is 12.8. The van der Waals surface area contributed by atoms with Gasteiger partial charge in [0.15, 0.2) is 17.4 Å². The minimum absolute atomic E-state index is 0.0681. The van der Waals surface area contributed by atoms with Crippen molar-refractivity contribution in [2.45, 2.75) is 75.0 Å². The van der Waals surface area contributed by atoms with Crippen LogP contribution in [-0.2, 0) is 18.4 Å². The van der Waals surface area contributed by atoms with Gasteiger partial charge in [0.05, 0.1) is 18.5 Å². The summed E-state index contributed by atoms with van der Waals surface area (Å²) in [4.78, 5) is 38.9. The molecule has 2 saturated heterocycles. The van der Waals surface area contributed by atoms with Crippen molar-refractivity contribution in [2.75, 3.05) is 30.9 Å². The molecule has 3 aliphatic rings. The summed E-state index contributed by atoms with van der Waals surface area (Å²) < 4.78 is 34.9. The number of piperidine rings is 1. The predicted octanol–water partition coefficient (Wildman–Crippen LogP) is 1.10. The summed E-state index contributed by atoms with van der Waals surface area (Å²) in [6.07, 6.45) is 2.75. The molecule has 1 unspecified atom stereocenters. The van der Waals surface area contributed by atoms with Crippen LogP contribution in [0.4, 0.5) is 5.82 Å². The Morgan fingerprint density at radius 1 is 1.13 bits per heavy atom. The fraction of sp³-hybridized carbons (Fsp3) is 0.762. The second kappa shape index (κ2) is 11.6. The molecule has 18 heteroatoms. The van der Waals surface area contributed by atoms with Crippen LogP contribution in [0.15, 0.2) is 6.20 Å². The largest absolute Gasteiger partial charge is 0.387 e. The monoisotopic (exact) mass is 610 g/mol. The lowest BCUT2D eigenvalue weighted by atomic mass is 10.1. The second-order valence-electron chi connectivity index (χ2n) is 10.4. The van der Waals surface area contributed by atoms with E-state index in [9.17, 15) is 24.2 Å². The van der Waals surface area contributed by atoms with Crippen molar-refractivity contribution >= 4 is 38.3 Å². The van der Waals surface area contributed by atoms with E-state index in [0.29, 0.717) is 17.5 Å². The number of likely N-dealkylation sites (tertiary alicyclic amines) is 1. The third kappa shape index (κ3) is 6.82. The van der Waals surface area contributed by atoms with Crippen LogP contribution in [-0.4, -0.2) is 105 Å². The molecule has 2 aliphatic heterocycles. The van der Waals surface area contributed by atoms with Crippen molar-refractivity contribution in [3.05, 3.63) is 17.2 Å². The van der Waals surface area contributed by atoms with E-state index in [4.69, 9.17) is 30.6 Å². The number of fused-ring (bicyclic) bond motifs is 1. The summed E-state index contributed by atoms with van der Waals surface area (Å²) >= 11 is 6.23. The van der Waals surface area contributed by atoms with Gasteiger partial charge >= 0.3 is 15.2 Å². The Bertz CT molecular complexity index is 1270. The lowest BCUT2D eigenvalue weighted by Crippen LogP contribution is -2.38. The summed E-state index contributed by atoms with van der Waals surface area (Å²) in [5.74, 6) is -0.954.